The maximum absolute atomic E-state index is 12.1. The molecule has 24 heavy (non-hydrogen) atoms. The fourth-order valence-corrected chi connectivity index (χ4v) is 3.56. The molecule has 1 fully saturated rings. The number of carbonyl (C=O) groups excluding carboxylic acids is 2. The number of hydrogen-bond acceptors (Lipinski definition) is 5. The van der Waals surface area contributed by atoms with Crippen molar-refractivity contribution in [2.45, 2.75) is 45.1 Å². The highest BCUT2D eigenvalue weighted by Gasteiger charge is 2.20. The average molecular weight is 347 g/mol. The number of amides is 2. The Labute approximate surface area is 144 Å². The Kier molecular flexibility index (Phi) is 5.30. The van der Waals surface area contributed by atoms with E-state index in [9.17, 15) is 9.59 Å². The molecule has 0 atom stereocenters. The van der Waals surface area contributed by atoms with Crippen LogP contribution in [0.1, 0.15) is 48.9 Å². The summed E-state index contributed by atoms with van der Waals surface area (Å²) in [5, 5.41) is 8.01. The van der Waals surface area contributed by atoms with E-state index in [0.29, 0.717) is 10.8 Å². The molecule has 6 nitrogen and oxygen atoms in total. The summed E-state index contributed by atoms with van der Waals surface area (Å²) in [4.78, 5) is 28.3. The van der Waals surface area contributed by atoms with Crippen LogP contribution in [0, 0.1) is 5.92 Å². The molecule has 2 amide bonds. The van der Waals surface area contributed by atoms with Crippen molar-refractivity contribution < 1.29 is 14.0 Å². The average Bonchev–Trinajstić information content (AvgIpc) is 3.21. The zero-order valence-corrected chi connectivity index (χ0v) is 14.4. The molecule has 1 saturated carbocycles. The third-order valence-corrected chi connectivity index (χ3v) is 5.05. The molecular formula is C17H21N3O3S. The van der Waals surface area contributed by atoms with Gasteiger partial charge >= 0.3 is 0 Å². The molecule has 1 aliphatic rings. The van der Waals surface area contributed by atoms with Crippen molar-refractivity contribution >= 4 is 28.3 Å². The predicted octanol–water partition coefficient (Wildman–Crippen LogP) is 3.23. The van der Waals surface area contributed by atoms with Crippen LogP contribution >= 0.6 is 11.3 Å². The van der Waals surface area contributed by atoms with Gasteiger partial charge in [-0.2, -0.15) is 0 Å². The Morgan fingerprint density at radius 3 is 2.83 bits per heavy atom. The van der Waals surface area contributed by atoms with Gasteiger partial charge in [0.25, 0.3) is 5.91 Å². The molecule has 0 unspecified atom stereocenters. The molecule has 3 rings (SSSR count). The molecule has 2 aromatic heterocycles. The largest absolute Gasteiger partial charge is 0.459 e. The Bertz CT molecular complexity index is 688. The van der Waals surface area contributed by atoms with Crippen molar-refractivity contribution in [1.29, 1.82) is 0 Å². The third kappa shape index (κ3) is 4.44. The first-order valence-electron chi connectivity index (χ1n) is 8.19. The summed E-state index contributed by atoms with van der Waals surface area (Å²) < 4.78 is 5.03. The van der Waals surface area contributed by atoms with Crippen molar-refractivity contribution in [3.05, 3.63) is 35.2 Å². The van der Waals surface area contributed by atoms with Gasteiger partial charge in [0.2, 0.25) is 5.91 Å². The van der Waals surface area contributed by atoms with Gasteiger partial charge in [0.05, 0.1) is 18.4 Å². The minimum absolute atomic E-state index is 0.0104. The highest BCUT2D eigenvalue weighted by Crippen LogP contribution is 2.23. The smallest absolute Gasteiger partial charge is 0.293 e. The fraction of sp³-hybridized carbons (Fsp3) is 0.471. The number of nitrogens with one attached hydrogen (secondary N) is 2. The SMILES string of the molecule is CC1CCC(NC(=O)Cc2csc(NC(=O)c3ccco3)n2)CC1. The predicted molar refractivity (Wildman–Crippen MR) is 92.0 cm³/mol. The normalized spacial score (nSPS) is 20.5. The summed E-state index contributed by atoms with van der Waals surface area (Å²) >= 11 is 1.30. The lowest BCUT2D eigenvalue weighted by atomic mass is 9.87. The second-order valence-electron chi connectivity index (χ2n) is 6.28. The number of nitrogens with zero attached hydrogens (tertiary/aromatic N) is 1. The van der Waals surface area contributed by atoms with Crippen LogP contribution < -0.4 is 10.6 Å². The molecule has 2 N–H and O–H groups in total. The lowest BCUT2D eigenvalue weighted by Gasteiger charge is -2.26. The number of hydrogen-bond donors (Lipinski definition) is 2. The van der Waals surface area contributed by atoms with Crippen molar-refractivity contribution in [3.8, 4) is 0 Å². The van der Waals surface area contributed by atoms with Gasteiger partial charge in [-0.3, -0.25) is 14.9 Å². The van der Waals surface area contributed by atoms with Gasteiger partial charge in [-0.1, -0.05) is 6.92 Å². The first-order valence-corrected chi connectivity index (χ1v) is 9.06. The van der Waals surface area contributed by atoms with Gasteiger partial charge < -0.3 is 9.73 Å². The summed E-state index contributed by atoms with van der Waals surface area (Å²) in [5.74, 6) is 0.637. The molecule has 0 radical (unpaired) electrons. The van der Waals surface area contributed by atoms with Crippen LogP contribution in [0.3, 0.4) is 0 Å². The lowest BCUT2D eigenvalue weighted by molar-refractivity contribution is -0.121. The van der Waals surface area contributed by atoms with Crippen LogP contribution in [-0.4, -0.2) is 22.8 Å². The van der Waals surface area contributed by atoms with Crippen molar-refractivity contribution in [2.75, 3.05) is 5.32 Å². The van der Waals surface area contributed by atoms with E-state index >= 15 is 0 Å². The molecule has 1 aliphatic carbocycles. The maximum Gasteiger partial charge on any atom is 0.293 e. The van der Waals surface area contributed by atoms with E-state index in [1.165, 1.54) is 30.4 Å². The highest BCUT2D eigenvalue weighted by atomic mass is 32.1. The Morgan fingerprint density at radius 1 is 1.33 bits per heavy atom. The van der Waals surface area contributed by atoms with E-state index in [-0.39, 0.29) is 30.0 Å². The van der Waals surface area contributed by atoms with Crippen LogP contribution in [0.25, 0.3) is 0 Å². The standard InChI is InChI=1S/C17H21N3O3S/c1-11-4-6-12(7-5-11)18-15(21)9-13-10-24-17(19-13)20-16(22)14-3-2-8-23-14/h2-3,8,10-12H,4-7,9H2,1H3,(H,18,21)(H,19,20,22). The molecule has 128 valence electrons. The van der Waals surface area contributed by atoms with Gasteiger partial charge in [0.15, 0.2) is 10.9 Å². The molecule has 2 aromatic rings. The molecular weight excluding hydrogens is 326 g/mol. The number of thiazole rings is 1. The van der Waals surface area contributed by atoms with Crippen LogP contribution in [0.4, 0.5) is 5.13 Å². The minimum atomic E-state index is -0.346. The monoisotopic (exact) mass is 347 g/mol. The van der Waals surface area contributed by atoms with E-state index in [4.69, 9.17) is 4.42 Å². The summed E-state index contributed by atoms with van der Waals surface area (Å²) in [6, 6.07) is 3.52. The van der Waals surface area contributed by atoms with Gasteiger partial charge in [-0.05, 0) is 43.7 Å². The van der Waals surface area contributed by atoms with Gasteiger partial charge in [0.1, 0.15) is 0 Å². The minimum Gasteiger partial charge on any atom is -0.459 e. The summed E-state index contributed by atoms with van der Waals surface area (Å²) in [7, 11) is 0. The fourth-order valence-electron chi connectivity index (χ4n) is 2.86. The lowest BCUT2D eigenvalue weighted by Crippen LogP contribution is -2.38. The number of rotatable bonds is 5. The molecule has 0 saturated heterocycles. The van der Waals surface area contributed by atoms with Crippen molar-refractivity contribution in [2.24, 2.45) is 5.92 Å². The molecule has 7 heteroatoms. The molecule has 0 spiro atoms. The van der Waals surface area contributed by atoms with E-state index in [0.717, 1.165) is 18.8 Å². The van der Waals surface area contributed by atoms with Gasteiger partial charge in [-0.15, -0.1) is 11.3 Å². The summed E-state index contributed by atoms with van der Waals surface area (Å²) in [5.41, 5.74) is 0.663. The van der Waals surface area contributed by atoms with Crippen LogP contribution in [-0.2, 0) is 11.2 Å². The molecule has 0 bridgehead atoms. The first-order chi connectivity index (χ1) is 11.6. The van der Waals surface area contributed by atoms with Crippen LogP contribution in [0.5, 0.6) is 0 Å². The van der Waals surface area contributed by atoms with E-state index in [2.05, 4.69) is 22.5 Å². The number of anilines is 1. The zero-order chi connectivity index (χ0) is 16.9. The van der Waals surface area contributed by atoms with E-state index in [1.807, 2.05) is 0 Å². The quantitative estimate of drug-likeness (QED) is 0.870. The summed E-state index contributed by atoms with van der Waals surface area (Å²) in [6.07, 6.45) is 6.12. The number of carbonyl (C=O) groups is 2. The van der Waals surface area contributed by atoms with Gasteiger partial charge in [-0.25, -0.2) is 4.98 Å². The second kappa shape index (κ2) is 7.61. The van der Waals surface area contributed by atoms with Crippen molar-refractivity contribution in [3.63, 3.8) is 0 Å². The van der Waals surface area contributed by atoms with Crippen LogP contribution in [0.2, 0.25) is 0 Å². The maximum atomic E-state index is 12.1. The molecule has 0 aromatic carbocycles. The zero-order valence-electron chi connectivity index (χ0n) is 13.6. The van der Waals surface area contributed by atoms with E-state index in [1.54, 1.807) is 17.5 Å². The summed E-state index contributed by atoms with van der Waals surface area (Å²) in [6.45, 7) is 2.26. The Hall–Kier alpha value is -2.15. The number of furan rings is 1. The Morgan fingerprint density at radius 2 is 2.12 bits per heavy atom. The first kappa shape index (κ1) is 16.7. The van der Waals surface area contributed by atoms with Gasteiger partial charge in [0, 0.05) is 11.4 Å². The van der Waals surface area contributed by atoms with Crippen LogP contribution in [0.15, 0.2) is 28.2 Å². The number of aromatic nitrogens is 1. The van der Waals surface area contributed by atoms with Crippen molar-refractivity contribution in [1.82, 2.24) is 10.3 Å². The third-order valence-electron chi connectivity index (χ3n) is 4.24. The topological polar surface area (TPSA) is 84.2 Å². The second-order valence-corrected chi connectivity index (χ2v) is 7.13. The highest BCUT2D eigenvalue weighted by molar-refractivity contribution is 7.14. The molecule has 2 heterocycles. The Balaban J connectivity index is 1.48. The molecule has 0 aliphatic heterocycles. The van der Waals surface area contributed by atoms with E-state index < -0.39 is 0 Å².